The first kappa shape index (κ1) is 24.9. The lowest BCUT2D eigenvalue weighted by Gasteiger charge is -2.21. The van der Waals surface area contributed by atoms with E-state index in [2.05, 4.69) is 15.9 Å². The van der Waals surface area contributed by atoms with Gasteiger partial charge in [-0.2, -0.15) is 0 Å². The minimum atomic E-state index is -0.706. The van der Waals surface area contributed by atoms with Gasteiger partial charge in [-0.1, -0.05) is 30.3 Å². The highest BCUT2D eigenvalue weighted by Crippen LogP contribution is 2.39. The first-order valence-corrected chi connectivity index (χ1v) is 11.7. The van der Waals surface area contributed by atoms with E-state index < -0.39 is 29.3 Å². The molecule has 174 valence electrons. The average molecular weight is 534 g/mol. The molecule has 1 heterocycles. The number of benzene rings is 2. The van der Waals surface area contributed by atoms with Crippen molar-refractivity contribution < 1.29 is 28.6 Å². The van der Waals surface area contributed by atoms with Gasteiger partial charge in [0.25, 0.3) is 11.1 Å². The molecule has 1 saturated heterocycles. The summed E-state index contributed by atoms with van der Waals surface area (Å²) in [6, 6.07) is 13.2. The number of thioether (sulfide) groups is 1. The van der Waals surface area contributed by atoms with E-state index in [9.17, 15) is 14.4 Å². The van der Waals surface area contributed by atoms with E-state index >= 15 is 0 Å². The third-order valence-corrected chi connectivity index (χ3v) is 5.85. The molecular weight excluding hydrogens is 510 g/mol. The maximum atomic E-state index is 12.7. The second-order valence-electron chi connectivity index (χ2n) is 8.16. The Kier molecular flexibility index (Phi) is 7.86. The Bertz CT molecular complexity index is 1090. The van der Waals surface area contributed by atoms with Crippen molar-refractivity contribution in [3.8, 4) is 11.5 Å². The number of ether oxygens (including phenoxy) is 3. The SMILES string of the molecule is COc1cc(C=C2SC(=O)N(CC(=O)OC(C)(C)C)C2=O)cc(Br)c1OCc1ccccc1. The summed E-state index contributed by atoms with van der Waals surface area (Å²) in [5.41, 5.74) is 0.935. The molecule has 2 aromatic carbocycles. The van der Waals surface area contributed by atoms with E-state index in [1.165, 1.54) is 7.11 Å². The molecule has 33 heavy (non-hydrogen) atoms. The lowest BCUT2D eigenvalue weighted by atomic mass is 10.1. The third kappa shape index (κ3) is 6.61. The Balaban J connectivity index is 1.77. The van der Waals surface area contributed by atoms with Gasteiger partial charge in [0.1, 0.15) is 18.8 Å². The van der Waals surface area contributed by atoms with E-state index in [1.807, 2.05) is 30.3 Å². The quantitative estimate of drug-likeness (QED) is 0.347. The fourth-order valence-electron chi connectivity index (χ4n) is 2.98. The number of carbonyl (C=O) groups excluding carboxylic acids is 3. The lowest BCUT2D eigenvalue weighted by Crippen LogP contribution is -2.37. The van der Waals surface area contributed by atoms with Crippen LogP contribution in [0, 0.1) is 0 Å². The van der Waals surface area contributed by atoms with Crippen molar-refractivity contribution in [3.63, 3.8) is 0 Å². The van der Waals surface area contributed by atoms with Crippen LogP contribution in [0.25, 0.3) is 6.08 Å². The van der Waals surface area contributed by atoms with Gasteiger partial charge in [0.2, 0.25) is 0 Å². The molecule has 1 aliphatic heterocycles. The summed E-state index contributed by atoms with van der Waals surface area (Å²) in [6.07, 6.45) is 1.58. The molecule has 0 unspecified atom stereocenters. The lowest BCUT2D eigenvalue weighted by molar-refractivity contribution is -0.156. The van der Waals surface area contributed by atoms with Crippen LogP contribution in [0.3, 0.4) is 0 Å². The predicted octanol–water partition coefficient (Wildman–Crippen LogP) is 5.41. The summed E-state index contributed by atoms with van der Waals surface area (Å²) in [5.74, 6) is -0.193. The van der Waals surface area contributed by atoms with Crippen LogP contribution in [-0.4, -0.2) is 41.3 Å². The number of rotatable bonds is 7. The highest BCUT2D eigenvalue weighted by atomic mass is 79.9. The van der Waals surface area contributed by atoms with Crippen molar-refractivity contribution in [2.75, 3.05) is 13.7 Å². The third-order valence-electron chi connectivity index (χ3n) is 4.36. The smallest absolute Gasteiger partial charge is 0.326 e. The van der Waals surface area contributed by atoms with Crippen LogP contribution in [0.2, 0.25) is 0 Å². The van der Waals surface area contributed by atoms with Gasteiger partial charge >= 0.3 is 5.97 Å². The Morgan fingerprint density at radius 1 is 1.15 bits per heavy atom. The summed E-state index contributed by atoms with van der Waals surface area (Å²) >= 11 is 4.27. The molecule has 2 aromatic rings. The largest absolute Gasteiger partial charge is 0.493 e. The number of hydrogen-bond donors (Lipinski definition) is 0. The van der Waals surface area contributed by atoms with Gasteiger partial charge < -0.3 is 14.2 Å². The van der Waals surface area contributed by atoms with Crippen molar-refractivity contribution in [1.82, 2.24) is 4.90 Å². The summed E-state index contributed by atoms with van der Waals surface area (Å²) in [4.78, 5) is 38.2. The second kappa shape index (κ2) is 10.4. The maximum absolute atomic E-state index is 12.7. The van der Waals surface area contributed by atoms with Crippen LogP contribution in [0.4, 0.5) is 4.79 Å². The number of amides is 2. The standard InChI is InChI=1S/C24H24BrNO6S/c1-24(2,3)32-20(27)13-26-22(28)19(33-23(26)29)12-16-10-17(25)21(18(11-16)30-4)31-14-15-8-6-5-7-9-15/h5-12H,13-14H2,1-4H3. The molecule has 0 aliphatic carbocycles. The molecule has 0 aromatic heterocycles. The molecule has 9 heteroatoms. The van der Waals surface area contributed by atoms with Crippen molar-refractivity contribution in [2.24, 2.45) is 0 Å². The minimum Gasteiger partial charge on any atom is -0.493 e. The number of methoxy groups -OCH3 is 1. The van der Waals surface area contributed by atoms with E-state index in [4.69, 9.17) is 14.2 Å². The van der Waals surface area contributed by atoms with E-state index in [0.29, 0.717) is 28.1 Å². The molecule has 2 amide bonds. The fourth-order valence-corrected chi connectivity index (χ4v) is 4.40. The highest BCUT2D eigenvalue weighted by Gasteiger charge is 2.37. The monoisotopic (exact) mass is 533 g/mol. The molecule has 0 spiro atoms. The zero-order chi connectivity index (χ0) is 24.2. The molecular formula is C24H24BrNO6S. The predicted molar refractivity (Wildman–Crippen MR) is 130 cm³/mol. The summed E-state index contributed by atoms with van der Waals surface area (Å²) in [7, 11) is 1.52. The maximum Gasteiger partial charge on any atom is 0.326 e. The Morgan fingerprint density at radius 3 is 2.48 bits per heavy atom. The van der Waals surface area contributed by atoms with Gasteiger partial charge in [0, 0.05) is 0 Å². The van der Waals surface area contributed by atoms with Gasteiger partial charge in [0.05, 0.1) is 16.5 Å². The van der Waals surface area contributed by atoms with Gasteiger partial charge in [-0.25, -0.2) is 0 Å². The number of carbonyl (C=O) groups is 3. The minimum absolute atomic E-state index is 0.204. The van der Waals surface area contributed by atoms with Crippen LogP contribution >= 0.6 is 27.7 Å². The zero-order valence-corrected chi connectivity index (χ0v) is 21.1. The van der Waals surface area contributed by atoms with Crippen molar-refractivity contribution in [2.45, 2.75) is 33.0 Å². The zero-order valence-electron chi connectivity index (χ0n) is 18.7. The highest BCUT2D eigenvalue weighted by molar-refractivity contribution is 9.10. The van der Waals surface area contributed by atoms with Crippen molar-refractivity contribution in [1.29, 1.82) is 0 Å². The van der Waals surface area contributed by atoms with Gasteiger partial charge in [-0.3, -0.25) is 19.3 Å². The van der Waals surface area contributed by atoms with E-state index in [1.54, 1.807) is 39.0 Å². The topological polar surface area (TPSA) is 82.1 Å². The van der Waals surface area contributed by atoms with Crippen LogP contribution in [0.1, 0.15) is 31.9 Å². The van der Waals surface area contributed by atoms with Crippen LogP contribution in [0.15, 0.2) is 51.8 Å². The second-order valence-corrected chi connectivity index (χ2v) is 10.0. The molecule has 0 saturated carbocycles. The van der Waals surface area contributed by atoms with E-state index in [0.717, 1.165) is 22.2 Å². The summed E-state index contributed by atoms with van der Waals surface area (Å²) in [5, 5.41) is -0.522. The Labute approximate surface area is 205 Å². The summed E-state index contributed by atoms with van der Waals surface area (Å²) in [6.45, 7) is 5.09. The molecule has 3 rings (SSSR count). The number of esters is 1. The number of nitrogens with zero attached hydrogens (tertiary/aromatic N) is 1. The molecule has 0 radical (unpaired) electrons. The van der Waals surface area contributed by atoms with Gasteiger partial charge in [0.15, 0.2) is 11.5 Å². The summed E-state index contributed by atoms with van der Waals surface area (Å²) < 4.78 is 17.3. The van der Waals surface area contributed by atoms with Gasteiger partial charge in [-0.05, 0) is 77.8 Å². The van der Waals surface area contributed by atoms with Crippen LogP contribution in [0.5, 0.6) is 11.5 Å². The van der Waals surface area contributed by atoms with Crippen molar-refractivity contribution in [3.05, 3.63) is 63.0 Å². The Hall–Kier alpha value is -2.78. The first-order valence-electron chi connectivity index (χ1n) is 10.1. The van der Waals surface area contributed by atoms with Crippen LogP contribution < -0.4 is 9.47 Å². The number of imide groups is 1. The molecule has 1 fully saturated rings. The Morgan fingerprint density at radius 2 is 1.85 bits per heavy atom. The van der Waals surface area contributed by atoms with Crippen molar-refractivity contribution >= 4 is 50.9 Å². The molecule has 1 aliphatic rings. The van der Waals surface area contributed by atoms with E-state index in [-0.39, 0.29) is 4.91 Å². The average Bonchev–Trinajstić information content (AvgIpc) is 2.99. The first-order chi connectivity index (χ1) is 15.6. The van der Waals surface area contributed by atoms with Crippen LogP contribution in [-0.2, 0) is 20.9 Å². The molecule has 0 N–H and O–H groups in total. The number of hydrogen-bond acceptors (Lipinski definition) is 7. The fraction of sp³-hybridized carbons (Fsp3) is 0.292. The molecule has 7 nitrogen and oxygen atoms in total. The number of halogens is 1. The molecule has 0 bridgehead atoms. The normalized spacial score (nSPS) is 15.2. The van der Waals surface area contributed by atoms with Gasteiger partial charge in [-0.15, -0.1) is 0 Å². The molecule has 0 atom stereocenters.